The molecule has 34 heavy (non-hydrogen) atoms. The Labute approximate surface area is 201 Å². The first-order valence-corrected chi connectivity index (χ1v) is 13.4. The highest BCUT2D eigenvalue weighted by Gasteiger charge is 2.51. The topological polar surface area (TPSA) is 63.7 Å². The van der Waals surface area contributed by atoms with Gasteiger partial charge >= 0.3 is 0 Å². The maximum atomic E-state index is 12.8. The number of rotatable bonds is 8. The van der Waals surface area contributed by atoms with Crippen LogP contribution in [0.4, 0.5) is 0 Å². The number of hydrogen-bond donors (Lipinski definition) is 0. The summed E-state index contributed by atoms with van der Waals surface area (Å²) >= 11 is 0. The maximum absolute atomic E-state index is 12.8. The smallest absolute Gasteiger partial charge is 0.262 e. The summed E-state index contributed by atoms with van der Waals surface area (Å²) in [6.07, 6.45) is 0.271. The summed E-state index contributed by atoms with van der Waals surface area (Å²) in [5, 5.41) is 1.86. The summed E-state index contributed by atoms with van der Waals surface area (Å²) in [7, 11) is -2.93. The number of hydrogen-bond acceptors (Lipinski definition) is 4. The molecule has 0 aromatic heterocycles. The van der Waals surface area contributed by atoms with Gasteiger partial charge in [0.15, 0.2) is 0 Å². The molecule has 2 amide bonds. The van der Waals surface area contributed by atoms with Gasteiger partial charge in [-0.15, -0.1) is 0 Å². The molecule has 1 atom stereocenters. The summed E-state index contributed by atoms with van der Waals surface area (Å²) in [6, 6.07) is 27.0. The molecule has 1 aliphatic rings. The zero-order valence-electron chi connectivity index (χ0n) is 19.7. The first kappa shape index (κ1) is 23.8. The van der Waals surface area contributed by atoms with Gasteiger partial charge in [0.25, 0.3) is 20.1 Å². The summed E-state index contributed by atoms with van der Waals surface area (Å²) in [4.78, 5) is 39.0. The zero-order chi connectivity index (χ0) is 24.3. The minimum Gasteiger partial charge on any atom is -0.398 e. The molecule has 0 fully saturated rings. The molecule has 0 N–H and O–H groups in total. The molecule has 5 nitrogen and oxygen atoms in total. The van der Waals surface area contributed by atoms with Gasteiger partial charge in [-0.3, -0.25) is 14.5 Å². The number of carbonyl (C=O) groups is 3. The fourth-order valence-electron chi connectivity index (χ4n) is 4.77. The highest BCUT2D eigenvalue weighted by molar-refractivity contribution is 6.99. The molecule has 1 aliphatic heterocycles. The minimum absolute atomic E-state index is 0.119. The van der Waals surface area contributed by atoms with Crippen molar-refractivity contribution in [3.8, 4) is 0 Å². The van der Waals surface area contributed by atoms with Crippen LogP contribution in [0.2, 0.25) is 5.04 Å². The molecular formula is C28H29NO4Si. The lowest BCUT2D eigenvalue weighted by Gasteiger charge is -2.44. The van der Waals surface area contributed by atoms with Crippen molar-refractivity contribution in [3.05, 3.63) is 96.1 Å². The van der Waals surface area contributed by atoms with E-state index >= 15 is 0 Å². The van der Waals surface area contributed by atoms with Crippen molar-refractivity contribution in [1.29, 1.82) is 0 Å². The van der Waals surface area contributed by atoms with Crippen LogP contribution in [0.5, 0.6) is 0 Å². The van der Waals surface area contributed by atoms with Crippen LogP contribution in [0.1, 0.15) is 47.9 Å². The van der Waals surface area contributed by atoms with Crippen LogP contribution in [-0.4, -0.2) is 44.0 Å². The Morgan fingerprint density at radius 3 is 1.65 bits per heavy atom. The van der Waals surface area contributed by atoms with E-state index in [1.54, 1.807) is 24.3 Å². The summed E-state index contributed by atoms with van der Waals surface area (Å²) in [6.45, 7) is 6.55. The van der Waals surface area contributed by atoms with Gasteiger partial charge in [0.1, 0.15) is 12.4 Å². The third kappa shape index (κ3) is 4.15. The first-order chi connectivity index (χ1) is 16.3. The Hall–Kier alpha value is -3.35. The molecule has 6 heteroatoms. The van der Waals surface area contributed by atoms with Crippen molar-refractivity contribution in [3.63, 3.8) is 0 Å². The van der Waals surface area contributed by atoms with Crippen molar-refractivity contribution in [2.45, 2.75) is 38.3 Å². The fraction of sp³-hybridized carbons (Fsp3) is 0.250. The first-order valence-electron chi connectivity index (χ1n) is 11.5. The van der Waals surface area contributed by atoms with Crippen LogP contribution >= 0.6 is 0 Å². The Kier molecular flexibility index (Phi) is 6.64. The predicted molar refractivity (Wildman–Crippen MR) is 135 cm³/mol. The SMILES string of the molecule is CC(C)(C)[Si](OC(C=O)CCN1C(=O)c2ccccc2C1=O)(c1ccccc1)c1ccccc1. The Balaban J connectivity index is 1.65. The van der Waals surface area contributed by atoms with E-state index in [1.807, 2.05) is 36.4 Å². The van der Waals surface area contributed by atoms with E-state index < -0.39 is 14.4 Å². The number of amides is 2. The largest absolute Gasteiger partial charge is 0.398 e. The van der Waals surface area contributed by atoms with E-state index in [2.05, 4.69) is 45.0 Å². The van der Waals surface area contributed by atoms with Crippen molar-refractivity contribution in [2.24, 2.45) is 0 Å². The van der Waals surface area contributed by atoms with E-state index in [0.717, 1.165) is 16.7 Å². The van der Waals surface area contributed by atoms with Gasteiger partial charge in [0, 0.05) is 6.54 Å². The Bertz CT molecular complexity index is 1110. The normalized spacial score (nSPS) is 14.7. The zero-order valence-corrected chi connectivity index (χ0v) is 20.7. The fourth-order valence-corrected chi connectivity index (χ4v) is 9.41. The molecule has 1 heterocycles. The predicted octanol–water partition coefficient (Wildman–Crippen LogP) is 3.82. The van der Waals surface area contributed by atoms with Crippen LogP contribution < -0.4 is 10.4 Å². The van der Waals surface area contributed by atoms with Crippen molar-refractivity contribution in [2.75, 3.05) is 6.54 Å². The van der Waals surface area contributed by atoms with E-state index in [0.29, 0.717) is 11.1 Å². The van der Waals surface area contributed by atoms with Crippen LogP contribution in [-0.2, 0) is 9.22 Å². The standard InChI is InChI=1S/C28H29NO4Si/c1-28(2,3)34(22-12-6-4-7-13-22,23-14-8-5-9-15-23)33-21(20-30)18-19-29-26(31)24-16-10-11-17-25(24)27(29)32/h4-17,20-21H,18-19H2,1-3H3. The molecule has 3 aromatic rings. The number of imide groups is 1. The van der Waals surface area contributed by atoms with Gasteiger partial charge < -0.3 is 9.22 Å². The molecule has 0 spiro atoms. The number of nitrogens with zero attached hydrogens (tertiary/aromatic N) is 1. The quantitative estimate of drug-likeness (QED) is 0.285. The van der Waals surface area contributed by atoms with E-state index in [-0.39, 0.29) is 29.8 Å². The second-order valence-electron chi connectivity index (χ2n) is 9.55. The second kappa shape index (κ2) is 9.48. The average molecular weight is 472 g/mol. The highest BCUT2D eigenvalue weighted by atomic mass is 28.4. The Morgan fingerprint density at radius 1 is 0.794 bits per heavy atom. The molecule has 3 aromatic carbocycles. The number of benzene rings is 3. The molecular weight excluding hydrogens is 442 g/mol. The third-order valence-corrected chi connectivity index (χ3v) is 11.5. The van der Waals surface area contributed by atoms with Gasteiger partial charge in [-0.25, -0.2) is 0 Å². The average Bonchev–Trinajstić information content (AvgIpc) is 3.09. The van der Waals surface area contributed by atoms with Crippen molar-refractivity contribution < 1.29 is 18.8 Å². The monoisotopic (exact) mass is 471 g/mol. The molecule has 0 saturated carbocycles. The lowest BCUT2D eigenvalue weighted by Crippen LogP contribution is -2.68. The summed E-state index contributed by atoms with van der Waals surface area (Å²) < 4.78 is 6.85. The van der Waals surface area contributed by atoms with Crippen LogP contribution in [0.25, 0.3) is 0 Å². The second-order valence-corrected chi connectivity index (χ2v) is 13.8. The van der Waals surface area contributed by atoms with Gasteiger partial charge in [-0.05, 0) is 34.0 Å². The van der Waals surface area contributed by atoms with Gasteiger partial charge in [-0.1, -0.05) is 93.6 Å². The molecule has 174 valence electrons. The summed E-state index contributed by atoms with van der Waals surface area (Å²) in [5.74, 6) is -0.647. The number of carbonyl (C=O) groups excluding carboxylic acids is 3. The maximum Gasteiger partial charge on any atom is 0.262 e. The minimum atomic E-state index is -2.93. The van der Waals surface area contributed by atoms with Gasteiger partial charge in [0.05, 0.1) is 11.1 Å². The van der Waals surface area contributed by atoms with Crippen molar-refractivity contribution in [1.82, 2.24) is 4.90 Å². The van der Waals surface area contributed by atoms with E-state index in [1.165, 1.54) is 4.90 Å². The molecule has 0 saturated heterocycles. The lowest BCUT2D eigenvalue weighted by atomic mass is 10.1. The molecule has 1 unspecified atom stereocenters. The molecule has 4 rings (SSSR count). The number of fused-ring (bicyclic) bond motifs is 1. The number of aldehydes is 1. The summed E-state index contributed by atoms with van der Waals surface area (Å²) in [5.41, 5.74) is 0.811. The third-order valence-electron chi connectivity index (χ3n) is 6.41. The van der Waals surface area contributed by atoms with Crippen LogP contribution in [0.3, 0.4) is 0 Å². The highest BCUT2D eigenvalue weighted by Crippen LogP contribution is 2.37. The molecule has 0 aliphatic carbocycles. The molecule has 0 radical (unpaired) electrons. The van der Waals surface area contributed by atoms with Crippen molar-refractivity contribution >= 4 is 36.8 Å². The van der Waals surface area contributed by atoms with E-state index in [9.17, 15) is 14.4 Å². The van der Waals surface area contributed by atoms with E-state index in [4.69, 9.17) is 4.43 Å². The van der Waals surface area contributed by atoms with Gasteiger partial charge in [-0.2, -0.15) is 0 Å². The van der Waals surface area contributed by atoms with Crippen LogP contribution in [0.15, 0.2) is 84.9 Å². The Morgan fingerprint density at radius 2 is 1.24 bits per heavy atom. The molecule has 0 bridgehead atoms. The lowest BCUT2D eigenvalue weighted by molar-refractivity contribution is -0.114. The van der Waals surface area contributed by atoms with Gasteiger partial charge in [0.2, 0.25) is 0 Å². The van der Waals surface area contributed by atoms with Crippen LogP contribution in [0, 0.1) is 0 Å².